The maximum atomic E-state index is 11.5. The van der Waals surface area contributed by atoms with Crippen LogP contribution in [0, 0.1) is 0 Å². The molecule has 0 spiro atoms. The number of hydrogen-bond donors (Lipinski definition) is 2. The number of unbranched alkanes of at least 4 members (excludes halogenated alkanes) is 30. The monoisotopic (exact) mass is 849 g/mol. The SMILES string of the molecule is CCCCCCCCCCCCCCCCCCC(=O)NCCS(=O)(=O)O.CCCCCCCCCCCCCCCCCCC([O-])=NCCS(=O)(=O)[O-].[Ca+2]. The van der Waals surface area contributed by atoms with E-state index in [0.717, 1.165) is 38.5 Å². The fourth-order valence-electron chi connectivity index (χ4n) is 6.43. The molecule has 0 aromatic rings. The van der Waals surface area contributed by atoms with Crippen molar-refractivity contribution in [2.24, 2.45) is 4.99 Å². The molecule has 2 N–H and O–H groups in total. The van der Waals surface area contributed by atoms with Gasteiger partial charge >= 0.3 is 37.7 Å². The van der Waals surface area contributed by atoms with Crippen molar-refractivity contribution in [3.05, 3.63) is 0 Å². The summed E-state index contributed by atoms with van der Waals surface area (Å²) in [6.45, 7) is 4.30. The standard InChI is InChI=1S/2C21H43NO4S.Ca/c2*1-2-3-4-5-6-7-8-9-10-11-12-13-14-15-16-17-18-21(23)22-19-20-27(24,25)26;/h2*2-20H2,1H3,(H,22,23)(H,24,25,26);/q;;+2/p-2. The molecule has 13 heteroatoms. The smallest absolute Gasteiger partial charge is 0.862 e. The summed E-state index contributed by atoms with van der Waals surface area (Å²) >= 11 is 0. The van der Waals surface area contributed by atoms with E-state index < -0.39 is 31.7 Å². The average molecular weight is 849 g/mol. The van der Waals surface area contributed by atoms with Gasteiger partial charge in [0.05, 0.1) is 28.2 Å². The third kappa shape index (κ3) is 58.4. The van der Waals surface area contributed by atoms with Gasteiger partial charge in [-0.15, -0.1) is 0 Å². The van der Waals surface area contributed by atoms with Crippen molar-refractivity contribution in [1.29, 1.82) is 0 Å². The molecule has 0 rings (SSSR count). The van der Waals surface area contributed by atoms with Crippen LogP contribution in [0.5, 0.6) is 0 Å². The van der Waals surface area contributed by atoms with Crippen LogP contribution in [0.4, 0.5) is 0 Å². The molecule has 0 saturated heterocycles. The normalized spacial score (nSPS) is 11.9. The van der Waals surface area contributed by atoms with Crippen LogP contribution < -0.4 is 10.4 Å². The van der Waals surface area contributed by atoms with Crippen molar-refractivity contribution in [3.63, 3.8) is 0 Å². The van der Waals surface area contributed by atoms with Crippen LogP contribution >= 0.6 is 0 Å². The van der Waals surface area contributed by atoms with Crippen LogP contribution in [-0.2, 0) is 25.0 Å². The molecule has 324 valence electrons. The summed E-state index contributed by atoms with van der Waals surface area (Å²) in [6.07, 6.45) is 42.2. The third-order valence-electron chi connectivity index (χ3n) is 9.81. The van der Waals surface area contributed by atoms with Crippen molar-refractivity contribution in [3.8, 4) is 0 Å². The van der Waals surface area contributed by atoms with E-state index in [1.807, 2.05) is 0 Å². The molecule has 0 aliphatic rings. The number of carbonyl (C=O) groups is 1. The zero-order chi connectivity index (χ0) is 40.4. The molecule has 10 nitrogen and oxygen atoms in total. The Kier molecular flexibility index (Phi) is 48.7. The summed E-state index contributed by atoms with van der Waals surface area (Å²) in [5, 5.41) is 13.9. The second kappa shape index (κ2) is 45.1. The minimum atomic E-state index is -4.27. The van der Waals surface area contributed by atoms with Gasteiger partial charge in [-0.2, -0.15) is 8.42 Å². The van der Waals surface area contributed by atoms with Crippen LogP contribution in [0.1, 0.15) is 232 Å². The molecular weight excluding hydrogens is 765 g/mol. The van der Waals surface area contributed by atoms with Crippen molar-refractivity contribution < 1.29 is 35.8 Å². The number of aliphatic imine (C=N–C) groups is 1. The molecule has 0 saturated carbocycles. The summed E-state index contributed by atoms with van der Waals surface area (Å²) < 4.78 is 60.9. The second-order valence-electron chi connectivity index (χ2n) is 15.3. The summed E-state index contributed by atoms with van der Waals surface area (Å²) in [7, 11) is -8.25. The Balaban J connectivity index is -0.000000966. The van der Waals surface area contributed by atoms with E-state index in [0.29, 0.717) is 12.8 Å². The molecule has 0 radical (unpaired) electrons. The number of hydrogen-bond acceptors (Lipinski definition) is 8. The summed E-state index contributed by atoms with van der Waals surface area (Å²) in [4.78, 5) is 15.1. The molecule has 0 atom stereocenters. The number of carbonyl (C=O) groups excluding carboxylic acids is 1. The first-order valence-electron chi connectivity index (χ1n) is 22.3. The average Bonchev–Trinajstić information content (AvgIpc) is 3.10. The van der Waals surface area contributed by atoms with Crippen LogP contribution in [0.2, 0.25) is 0 Å². The van der Waals surface area contributed by atoms with Gasteiger partial charge in [0.15, 0.2) is 0 Å². The van der Waals surface area contributed by atoms with Crippen LogP contribution in [0.25, 0.3) is 0 Å². The van der Waals surface area contributed by atoms with E-state index in [1.54, 1.807) is 0 Å². The van der Waals surface area contributed by atoms with Crippen LogP contribution in [0.15, 0.2) is 4.99 Å². The van der Waals surface area contributed by atoms with Gasteiger partial charge in [-0.3, -0.25) is 9.35 Å². The molecule has 0 aliphatic heterocycles. The predicted octanol–water partition coefficient (Wildman–Crippen LogP) is 10.2. The van der Waals surface area contributed by atoms with Crippen LogP contribution in [0.3, 0.4) is 0 Å². The number of nitrogens with zero attached hydrogens (tertiary/aromatic N) is 1. The van der Waals surface area contributed by atoms with Gasteiger partial charge in [0.2, 0.25) is 5.91 Å². The largest absolute Gasteiger partial charge is 2.00 e. The zero-order valence-corrected chi connectivity index (χ0v) is 39.5. The summed E-state index contributed by atoms with van der Waals surface area (Å²) in [5.74, 6) is -1.43. The Morgan fingerprint density at radius 1 is 0.509 bits per heavy atom. The Morgan fingerprint density at radius 3 is 1.09 bits per heavy atom. The molecule has 0 aliphatic carbocycles. The van der Waals surface area contributed by atoms with Gasteiger partial charge in [0, 0.05) is 13.0 Å². The molecule has 0 heterocycles. The number of amides is 1. The Bertz CT molecular complexity index is 1060. The van der Waals surface area contributed by atoms with Gasteiger partial charge in [-0.1, -0.05) is 206 Å². The van der Waals surface area contributed by atoms with E-state index >= 15 is 0 Å². The van der Waals surface area contributed by atoms with Crippen molar-refractivity contribution in [2.45, 2.75) is 232 Å². The molecule has 0 fully saturated rings. The third-order valence-corrected chi connectivity index (χ3v) is 11.2. The maximum absolute atomic E-state index is 11.5. The first-order valence-corrected chi connectivity index (χ1v) is 25.5. The summed E-state index contributed by atoms with van der Waals surface area (Å²) in [6, 6.07) is 0. The molecule has 0 aromatic heterocycles. The van der Waals surface area contributed by atoms with Crippen LogP contribution in [-0.4, -0.2) is 100 Å². The molecule has 55 heavy (non-hydrogen) atoms. The fraction of sp³-hybridized carbons (Fsp3) is 0.952. The Morgan fingerprint density at radius 2 is 0.800 bits per heavy atom. The fourth-order valence-corrected chi connectivity index (χ4v) is 7.10. The van der Waals surface area contributed by atoms with Gasteiger partial charge < -0.3 is 20.0 Å². The first kappa shape index (κ1) is 59.3. The van der Waals surface area contributed by atoms with E-state index in [2.05, 4.69) is 24.2 Å². The van der Waals surface area contributed by atoms with Crippen molar-refractivity contribution >= 4 is 69.8 Å². The topological polar surface area (TPSA) is 176 Å². The predicted molar refractivity (Wildman–Crippen MR) is 230 cm³/mol. The van der Waals surface area contributed by atoms with Gasteiger partial charge in [-0.05, 0) is 25.2 Å². The van der Waals surface area contributed by atoms with E-state index in [-0.39, 0.29) is 62.6 Å². The van der Waals surface area contributed by atoms with Crippen molar-refractivity contribution in [1.82, 2.24) is 5.32 Å². The molecular formula is C42H84CaN2O8S2. The molecule has 0 aromatic carbocycles. The number of rotatable bonds is 40. The maximum Gasteiger partial charge on any atom is 2.00 e. The molecule has 0 unspecified atom stereocenters. The number of nitrogens with one attached hydrogen (secondary N) is 1. The molecule has 0 bridgehead atoms. The second-order valence-corrected chi connectivity index (χ2v) is 18.4. The minimum Gasteiger partial charge on any atom is -0.862 e. The van der Waals surface area contributed by atoms with E-state index in [4.69, 9.17) is 4.55 Å². The van der Waals surface area contributed by atoms with Crippen molar-refractivity contribution in [2.75, 3.05) is 24.6 Å². The minimum absolute atomic E-state index is 0. The summed E-state index contributed by atoms with van der Waals surface area (Å²) in [5.41, 5.74) is 0. The first-order chi connectivity index (χ1) is 25.9. The zero-order valence-electron chi connectivity index (χ0n) is 35.6. The molecule has 1 amide bonds. The quantitative estimate of drug-likeness (QED) is 0.0201. The van der Waals surface area contributed by atoms with Gasteiger partial charge in [0.1, 0.15) is 0 Å². The van der Waals surface area contributed by atoms with Gasteiger partial charge in [0.25, 0.3) is 10.1 Å². The Hall–Kier alpha value is 0.0197. The van der Waals surface area contributed by atoms with Gasteiger partial charge in [-0.25, -0.2) is 8.42 Å². The van der Waals surface area contributed by atoms with E-state index in [1.165, 1.54) is 167 Å². The van der Waals surface area contributed by atoms with E-state index in [9.17, 15) is 31.3 Å². The Labute approximate surface area is 369 Å².